The van der Waals surface area contributed by atoms with Crippen LogP contribution in [0.3, 0.4) is 0 Å². The number of carbonyl (C=O) groups is 1. The number of amides is 1. The van der Waals surface area contributed by atoms with Gasteiger partial charge in [0.2, 0.25) is 15.9 Å². The fourth-order valence-electron chi connectivity index (χ4n) is 2.84. The summed E-state index contributed by atoms with van der Waals surface area (Å²) >= 11 is 3.40. The Balaban J connectivity index is 1.66. The first kappa shape index (κ1) is 20.6. The molecule has 148 valence electrons. The third-order valence-corrected chi connectivity index (χ3v) is 7.01. The van der Waals surface area contributed by atoms with Crippen LogP contribution in [-0.4, -0.2) is 49.7 Å². The first-order valence-electron chi connectivity index (χ1n) is 8.46. The number of nitrogens with zero attached hydrogens (tertiary/aromatic N) is 2. The zero-order chi connectivity index (χ0) is 20.3. The van der Waals surface area contributed by atoms with Crippen LogP contribution in [0.4, 0.5) is 8.78 Å². The van der Waals surface area contributed by atoms with Crippen molar-refractivity contribution in [2.75, 3.05) is 26.2 Å². The molecule has 0 atom stereocenters. The summed E-state index contributed by atoms with van der Waals surface area (Å²) in [4.78, 5) is 13.2. The van der Waals surface area contributed by atoms with Crippen molar-refractivity contribution in [3.05, 3.63) is 70.2 Å². The Labute approximate surface area is 170 Å². The van der Waals surface area contributed by atoms with E-state index in [4.69, 9.17) is 0 Å². The first-order valence-corrected chi connectivity index (χ1v) is 10.7. The van der Waals surface area contributed by atoms with E-state index < -0.39 is 26.6 Å². The highest BCUT2D eigenvalue weighted by Gasteiger charge is 2.31. The van der Waals surface area contributed by atoms with Gasteiger partial charge in [-0.1, -0.05) is 34.1 Å². The van der Waals surface area contributed by atoms with Gasteiger partial charge in [-0.05, 0) is 35.9 Å². The van der Waals surface area contributed by atoms with Gasteiger partial charge in [0.05, 0.1) is 0 Å². The van der Waals surface area contributed by atoms with Crippen molar-refractivity contribution in [2.45, 2.75) is 4.90 Å². The zero-order valence-corrected chi connectivity index (χ0v) is 17.1. The average molecular weight is 471 g/mol. The lowest BCUT2D eigenvalue weighted by atomic mass is 10.2. The summed E-state index contributed by atoms with van der Waals surface area (Å²) < 4.78 is 54.3. The second-order valence-corrected chi connectivity index (χ2v) is 8.92. The van der Waals surface area contributed by atoms with Gasteiger partial charge >= 0.3 is 0 Å². The molecule has 2 aromatic carbocycles. The molecule has 0 bridgehead atoms. The molecule has 0 aromatic heterocycles. The molecule has 1 amide bonds. The molecule has 0 spiro atoms. The van der Waals surface area contributed by atoms with E-state index in [0.717, 1.165) is 26.5 Å². The van der Waals surface area contributed by atoms with Crippen LogP contribution < -0.4 is 0 Å². The highest BCUT2D eigenvalue weighted by atomic mass is 79.9. The van der Waals surface area contributed by atoms with Gasteiger partial charge < -0.3 is 4.90 Å². The van der Waals surface area contributed by atoms with Crippen molar-refractivity contribution in [1.82, 2.24) is 9.21 Å². The molecule has 1 aliphatic heterocycles. The number of rotatable bonds is 4. The first-order chi connectivity index (χ1) is 13.3. The van der Waals surface area contributed by atoms with E-state index >= 15 is 0 Å². The Morgan fingerprint density at radius 1 is 1.04 bits per heavy atom. The monoisotopic (exact) mass is 470 g/mol. The van der Waals surface area contributed by atoms with Crippen LogP contribution in [0.1, 0.15) is 5.56 Å². The van der Waals surface area contributed by atoms with Gasteiger partial charge in [0, 0.05) is 36.7 Å². The van der Waals surface area contributed by atoms with E-state index in [2.05, 4.69) is 15.9 Å². The van der Waals surface area contributed by atoms with Crippen molar-refractivity contribution >= 4 is 37.9 Å². The fraction of sp³-hybridized carbons (Fsp3) is 0.211. The second-order valence-electron chi connectivity index (χ2n) is 6.16. The van der Waals surface area contributed by atoms with E-state index in [-0.39, 0.29) is 32.1 Å². The van der Waals surface area contributed by atoms with E-state index in [9.17, 15) is 22.0 Å². The van der Waals surface area contributed by atoms with Crippen LogP contribution in [0.2, 0.25) is 0 Å². The molecule has 9 heteroatoms. The minimum Gasteiger partial charge on any atom is -0.337 e. The van der Waals surface area contributed by atoms with E-state index in [1.807, 2.05) is 24.3 Å². The maximum Gasteiger partial charge on any atom is 0.246 e. The third-order valence-electron chi connectivity index (χ3n) is 4.37. The highest BCUT2D eigenvalue weighted by Crippen LogP contribution is 2.22. The standard InChI is InChI=1S/C19H17BrF2N2O3S/c20-16-4-2-1-3-14(16)5-8-19(25)23-9-11-24(12-10-23)28(26,27)18-13-15(21)6-7-17(18)22/h1-8,13H,9-12H2/b8-5+. The molecule has 1 fully saturated rings. The molecule has 0 saturated carbocycles. The van der Waals surface area contributed by atoms with Crippen LogP contribution in [-0.2, 0) is 14.8 Å². The van der Waals surface area contributed by atoms with Gasteiger partial charge in [0.25, 0.3) is 0 Å². The summed E-state index contributed by atoms with van der Waals surface area (Å²) in [5.41, 5.74) is 0.846. The summed E-state index contributed by atoms with van der Waals surface area (Å²) in [6.07, 6.45) is 3.11. The van der Waals surface area contributed by atoms with Crippen LogP contribution in [0, 0.1) is 11.6 Å². The number of halogens is 3. The molecule has 2 aromatic rings. The molecule has 0 unspecified atom stereocenters. The normalized spacial score (nSPS) is 15.9. The molecule has 0 aliphatic carbocycles. The molecule has 1 aliphatic rings. The number of carbonyl (C=O) groups excluding carboxylic acids is 1. The Bertz CT molecular complexity index is 1020. The molecule has 0 radical (unpaired) electrons. The van der Waals surface area contributed by atoms with Gasteiger partial charge in [-0.25, -0.2) is 17.2 Å². The Kier molecular flexibility index (Phi) is 6.26. The Hall–Kier alpha value is -2.10. The summed E-state index contributed by atoms with van der Waals surface area (Å²) in [5, 5.41) is 0. The lowest BCUT2D eigenvalue weighted by Crippen LogP contribution is -2.50. The number of hydrogen-bond acceptors (Lipinski definition) is 3. The second kappa shape index (κ2) is 8.50. The number of piperazine rings is 1. The molecule has 3 rings (SSSR count). The molecular weight excluding hydrogens is 454 g/mol. The topological polar surface area (TPSA) is 57.7 Å². The van der Waals surface area contributed by atoms with Crippen LogP contribution in [0.5, 0.6) is 0 Å². The maximum atomic E-state index is 13.9. The zero-order valence-electron chi connectivity index (χ0n) is 14.7. The molecule has 5 nitrogen and oxygen atoms in total. The van der Waals surface area contributed by atoms with Crippen molar-refractivity contribution in [3.63, 3.8) is 0 Å². The summed E-state index contributed by atoms with van der Waals surface area (Å²) in [7, 11) is -4.17. The molecule has 1 heterocycles. The predicted molar refractivity (Wildman–Crippen MR) is 105 cm³/mol. The summed E-state index contributed by atoms with van der Waals surface area (Å²) in [6.45, 7) is 0.338. The molecule has 0 N–H and O–H groups in total. The van der Waals surface area contributed by atoms with Gasteiger partial charge in [0.1, 0.15) is 16.5 Å². The van der Waals surface area contributed by atoms with Crippen molar-refractivity contribution in [1.29, 1.82) is 0 Å². The minimum absolute atomic E-state index is 0.00684. The Morgan fingerprint density at radius 3 is 2.39 bits per heavy atom. The van der Waals surface area contributed by atoms with Crippen molar-refractivity contribution in [2.24, 2.45) is 0 Å². The van der Waals surface area contributed by atoms with Gasteiger partial charge in [-0.3, -0.25) is 4.79 Å². The number of benzene rings is 2. The lowest BCUT2D eigenvalue weighted by Gasteiger charge is -2.33. The number of hydrogen-bond donors (Lipinski definition) is 0. The quantitative estimate of drug-likeness (QED) is 0.644. The maximum absolute atomic E-state index is 13.9. The van der Waals surface area contributed by atoms with Crippen LogP contribution >= 0.6 is 15.9 Å². The van der Waals surface area contributed by atoms with Gasteiger partial charge in [0.15, 0.2) is 0 Å². The third kappa shape index (κ3) is 4.48. The molecule has 1 saturated heterocycles. The highest BCUT2D eigenvalue weighted by molar-refractivity contribution is 9.10. The van der Waals surface area contributed by atoms with E-state index in [0.29, 0.717) is 6.07 Å². The summed E-state index contributed by atoms with van der Waals surface area (Å²) in [6, 6.07) is 9.75. The average Bonchev–Trinajstić information content (AvgIpc) is 2.69. The molecular formula is C19H17BrF2N2O3S. The van der Waals surface area contributed by atoms with Crippen molar-refractivity contribution < 1.29 is 22.0 Å². The smallest absolute Gasteiger partial charge is 0.246 e. The van der Waals surface area contributed by atoms with Crippen LogP contribution in [0.25, 0.3) is 6.08 Å². The van der Waals surface area contributed by atoms with Gasteiger partial charge in [-0.15, -0.1) is 0 Å². The minimum atomic E-state index is -4.17. The van der Waals surface area contributed by atoms with Crippen molar-refractivity contribution in [3.8, 4) is 0 Å². The SMILES string of the molecule is O=C(/C=C/c1ccccc1Br)N1CCN(S(=O)(=O)c2cc(F)ccc2F)CC1. The number of sulfonamides is 1. The van der Waals surface area contributed by atoms with Crippen LogP contribution in [0.15, 0.2) is 57.9 Å². The van der Waals surface area contributed by atoms with E-state index in [1.54, 1.807) is 6.08 Å². The Morgan fingerprint density at radius 2 is 1.71 bits per heavy atom. The summed E-state index contributed by atoms with van der Waals surface area (Å²) in [5.74, 6) is -2.08. The largest absolute Gasteiger partial charge is 0.337 e. The fourth-order valence-corrected chi connectivity index (χ4v) is 4.75. The molecule has 28 heavy (non-hydrogen) atoms. The van der Waals surface area contributed by atoms with E-state index in [1.165, 1.54) is 11.0 Å². The van der Waals surface area contributed by atoms with Gasteiger partial charge in [-0.2, -0.15) is 4.31 Å². The predicted octanol–water partition coefficient (Wildman–Crippen LogP) is 3.27. The lowest BCUT2D eigenvalue weighted by molar-refractivity contribution is -0.127.